The quantitative estimate of drug-likeness (QED) is 0.226. The van der Waals surface area contributed by atoms with E-state index in [0.29, 0.717) is 23.1 Å². The van der Waals surface area contributed by atoms with Gasteiger partial charge in [0.2, 0.25) is 5.16 Å². The molecule has 0 fully saturated rings. The highest BCUT2D eigenvalue weighted by atomic mass is 79.9. The Morgan fingerprint density at radius 1 is 1.21 bits per heavy atom. The lowest BCUT2D eigenvalue weighted by Crippen LogP contribution is -2.00. The summed E-state index contributed by atoms with van der Waals surface area (Å²) in [6, 6.07) is 14.9. The molecular weight excluding hydrogens is 454 g/mol. The maximum absolute atomic E-state index is 11.5. The second kappa shape index (κ2) is 8.84. The minimum Gasteiger partial charge on any atom is -0.493 e. The highest BCUT2D eigenvalue weighted by Crippen LogP contribution is 2.27. The molecule has 0 aliphatic rings. The summed E-state index contributed by atoms with van der Waals surface area (Å²) in [6.07, 6.45) is 0.833. The van der Waals surface area contributed by atoms with Gasteiger partial charge in [0, 0.05) is 33.3 Å². The number of halogens is 1. The molecule has 8 heteroatoms. The van der Waals surface area contributed by atoms with Crippen molar-refractivity contribution in [1.82, 2.24) is 15.2 Å². The number of thioether (sulfide) groups is 1. The van der Waals surface area contributed by atoms with Crippen LogP contribution >= 0.6 is 27.7 Å². The van der Waals surface area contributed by atoms with E-state index in [1.165, 1.54) is 6.07 Å². The Morgan fingerprint density at radius 3 is 2.93 bits per heavy atom. The number of aromatic nitrogens is 3. The third-order valence-corrected chi connectivity index (χ3v) is 5.93. The summed E-state index contributed by atoms with van der Waals surface area (Å²) in [4.78, 5) is 16.1. The lowest BCUT2D eigenvalue weighted by Gasteiger charge is -2.07. The molecule has 0 atom stereocenters. The van der Waals surface area contributed by atoms with Gasteiger partial charge in [-0.2, -0.15) is 0 Å². The maximum atomic E-state index is 11.5. The van der Waals surface area contributed by atoms with Crippen LogP contribution in [0.1, 0.15) is 12.0 Å². The number of hydrogen-bond donors (Lipinski definition) is 1. The zero-order valence-electron chi connectivity index (χ0n) is 15.6. The number of aryl methyl sites for hydroxylation is 1. The van der Waals surface area contributed by atoms with Gasteiger partial charge in [-0.15, -0.1) is 5.10 Å². The number of rotatable bonds is 7. The average molecular weight is 472 g/mol. The molecule has 29 heavy (non-hydrogen) atoms. The molecule has 4 aromatic rings. The minimum absolute atomic E-state index is 0.350. The number of H-pyrrole nitrogens is 1. The highest BCUT2D eigenvalue weighted by molar-refractivity contribution is 9.10. The van der Waals surface area contributed by atoms with Crippen molar-refractivity contribution in [2.75, 3.05) is 12.4 Å². The third-order valence-electron chi connectivity index (χ3n) is 4.31. The Bertz CT molecular complexity index is 1210. The molecule has 0 unspecified atom stereocenters. The van der Waals surface area contributed by atoms with Crippen LogP contribution in [-0.2, 0) is 0 Å². The second-order valence-electron chi connectivity index (χ2n) is 6.40. The van der Waals surface area contributed by atoms with E-state index in [9.17, 15) is 4.79 Å². The molecule has 0 amide bonds. The van der Waals surface area contributed by atoms with E-state index < -0.39 is 0 Å². The van der Waals surface area contributed by atoms with Gasteiger partial charge in [0.15, 0.2) is 5.82 Å². The number of benzene rings is 2. The van der Waals surface area contributed by atoms with E-state index in [2.05, 4.69) is 31.1 Å². The van der Waals surface area contributed by atoms with E-state index >= 15 is 0 Å². The maximum Gasteiger partial charge on any atom is 0.336 e. The van der Waals surface area contributed by atoms with Crippen LogP contribution in [0.2, 0.25) is 0 Å². The molecule has 0 bridgehead atoms. The summed E-state index contributed by atoms with van der Waals surface area (Å²) in [5, 5.41) is 8.86. The van der Waals surface area contributed by atoms with Crippen LogP contribution < -0.4 is 10.4 Å². The van der Waals surface area contributed by atoms with Gasteiger partial charge in [0.25, 0.3) is 0 Å². The lowest BCUT2D eigenvalue weighted by atomic mass is 10.1. The average Bonchev–Trinajstić information content (AvgIpc) is 3.16. The molecule has 2 aromatic heterocycles. The van der Waals surface area contributed by atoms with Gasteiger partial charge in [-0.05, 0) is 37.1 Å². The molecule has 2 heterocycles. The molecule has 0 aliphatic carbocycles. The van der Waals surface area contributed by atoms with E-state index in [1.54, 1.807) is 17.8 Å². The second-order valence-corrected chi connectivity index (χ2v) is 8.32. The van der Waals surface area contributed by atoms with Gasteiger partial charge in [0.1, 0.15) is 11.3 Å². The largest absolute Gasteiger partial charge is 0.493 e. The van der Waals surface area contributed by atoms with Crippen molar-refractivity contribution in [3.8, 4) is 17.1 Å². The molecule has 4 rings (SSSR count). The molecular formula is C21H18BrN3O3S. The van der Waals surface area contributed by atoms with Crippen molar-refractivity contribution in [3.63, 3.8) is 0 Å². The van der Waals surface area contributed by atoms with Crippen LogP contribution in [0.4, 0.5) is 0 Å². The Kier molecular flexibility index (Phi) is 6.01. The number of aromatic amines is 1. The molecule has 148 valence electrons. The fourth-order valence-corrected chi connectivity index (χ4v) is 4.08. The van der Waals surface area contributed by atoms with Crippen molar-refractivity contribution < 1.29 is 9.15 Å². The zero-order valence-corrected chi connectivity index (χ0v) is 18.0. The first-order chi connectivity index (χ1) is 14.1. The first-order valence-electron chi connectivity index (χ1n) is 9.07. The van der Waals surface area contributed by atoms with Gasteiger partial charge in [0.05, 0.1) is 6.61 Å². The Hall–Kier alpha value is -2.58. The fraction of sp³-hybridized carbons (Fsp3) is 0.190. The number of fused-ring (bicyclic) bond motifs is 1. The SMILES string of the molecule is Cc1cc(=O)oc2cc(OCCCSc3n[nH]c(-c4ccccc4Br)n3)ccc12. The topological polar surface area (TPSA) is 81.0 Å². The summed E-state index contributed by atoms with van der Waals surface area (Å²) in [6.45, 7) is 2.44. The standard InChI is InChI=1S/C21H18BrN3O3S/c1-13-11-19(26)28-18-12-14(7-8-15(13)18)27-9-4-10-29-21-23-20(24-25-21)16-5-2-3-6-17(16)22/h2-3,5-8,11-12H,4,9-10H2,1H3,(H,23,24,25). The van der Waals surface area contributed by atoms with Crippen LogP contribution in [0.3, 0.4) is 0 Å². The highest BCUT2D eigenvalue weighted by Gasteiger charge is 2.09. The summed E-state index contributed by atoms with van der Waals surface area (Å²) < 4.78 is 12.0. The predicted molar refractivity (Wildman–Crippen MR) is 118 cm³/mol. The molecule has 0 aliphatic heterocycles. The van der Waals surface area contributed by atoms with Crippen LogP contribution in [0, 0.1) is 6.92 Å². The Balaban J connectivity index is 1.29. The summed E-state index contributed by atoms with van der Waals surface area (Å²) in [5.74, 6) is 2.25. The molecule has 0 spiro atoms. The van der Waals surface area contributed by atoms with Crippen molar-refractivity contribution in [2.45, 2.75) is 18.5 Å². The van der Waals surface area contributed by atoms with Crippen molar-refractivity contribution >= 4 is 38.7 Å². The molecule has 0 saturated heterocycles. The van der Waals surface area contributed by atoms with Gasteiger partial charge in [-0.1, -0.05) is 45.9 Å². The number of hydrogen-bond acceptors (Lipinski definition) is 6. The minimum atomic E-state index is -0.350. The molecule has 0 radical (unpaired) electrons. The normalized spacial score (nSPS) is 11.1. The van der Waals surface area contributed by atoms with Gasteiger partial charge in [-0.25, -0.2) is 9.78 Å². The van der Waals surface area contributed by atoms with Crippen LogP contribution in [-0.4, -0.2) is 27.5 Å². The van der Waals surface area contributed by atoms with Gasteiger partial charge < -0.3 is 9.15 Å². The van der Waals surface area contributed by atoms with E-state index in [1.807, 2.05) is 43.3 Å². The van der Waals surface area contributed by atoms with Gasteiger partial charge in [-0.3, -0.25) is 5.10 Å². The Labute approximate surface area is 179 Å². The smallest absolute Gasteiger partial charge is 0.336 e. The molecule has 2 aromatic carbocycles. The van der Waals surface area contributed by atoms with E-state index in [4.69, 9.17) is 9.15 Å². The number of nitrogens with zero attached hydrogens (tertiary/aromatic N) is 2. The third kappa shape index (κ3) is 4.71. The Morgan fingerprint density at radius 2 is 2.07 bits per heavy atom. The van der Waals surface area contributed by atoms with E-state index in [0.717, 1.165) is 39.0 Å². The van der Waals surface area contributed by atoms with Crippen molar-refractivity contribution in [3.05, 3.63) is 69.0 Å². The molecule has 0 saturated carbocycles. The van der Waals surface area contributed by atoms with Crippen LogP contribution in [0.25, 0.3) is 22.4 Å². The zero-order chi connectivity index (χ0) is 20.2. The summed E-state index contributed by atoms with van der Waals surface area (Å²) >= 11 is 5.10. The summed E-state index contributed by atoms with van der Waals surface area (Å²) in [5.41, 5.74) is 2.07. The van der Waals surface area contributed by atoms with Crippen molar-refractivity contribution in [2.24, 2.45) is 0 Å². The first-order valence-corrected chi connectivity index (χ1v) is 10.9. The lowest BCUT2D eigenvalue weighted by molar-refractivity contribution is 0.318. The fourth-order valence-electron chi connectivity index (χ4n) is 2.89. The number of ether oxygens (including phenoxy) is 1. The van der Waals surface area contributed by atoms with Crippen molar-refractivity contribution in [1.29, 1.82) is 0 Å². The predicted octanol–water partition coefficient (Wildman–Crippen LogP) is 5.21. The molecule has 6 nitrogen and oxygen atoms in total. The first kappa shape index (κ1) is 19.7. The monoisotopic (exact) mass is 471 g/mol. The number of nitrogens with one attached hydrogen (secondary N) is 1. The molecule has 1 N–H and O–H groups in total. The summed E-state index contributed by atoms with van der Waals surface area (Å²) in [7, 11) is 0. The van der Waals surface area contributed by atoms with Crippen LogP contribution in [0.5, 0.6) is 5.75 Å². The van der Waals surface area contributed by atoms with Gasteiger partial charge >= 0.3 is 5.63 Å². The van der Waals surface area contributed by atoms with Crippen LogP contribution in [0.15, 0.2) is 67.4 Å². The van der Waals surface area contributed by atoms with E-state index in [-0.39, 0.29) is 5.63 Å².